The van der Waals surface area contributed by atoms with Crippen LogP contribution in [0.2, 0.25) is 0 Å². The Morgan fingerprint density at radius 2 is 1.96 bits per heavy atom. The van der Waals surface area contributed by atoms with Crippen molar-refractivity contribution in [1.82, 2.24) is 24.5 Å². The maximum Gasteiger partial charge on any atom is 0.283 e. The van der Waals surface area contributed by atoms with Gasteiger partial charge in [0.2, 0.25) is 0 Å². The summed E-state index contributed by atoms with van der Waals surface area (Å²) in [6.07, 6.45) is 7.52. The van der Waals surface area contributed by atoms with E-state index < -0.39 is 0 Å². The van der Waals surface area contributed by atoms with Gasteiger partial charge in [0.1, 0.15) is 6.33 Å². The normalized spacial score (nSPS) is 21.9. The minimum Gasteiger partial charge on any atom is -0.381 e. The number of para-hydroxylation sites is 1. The number of hydrogen-bond donors (Lipinski definition) is 0. The molecule has 2 aromatic heterocycles. The molecular formula is C20H23N5O2. The number of hydrogen-bond acceptors (Lipinski definition) is 5. The van der Waals surface area contributed by atoms with Gasteiger partial charge < -0.3 is 4.74 Å². The van der Waals surface area contributed by atoms with Crippen molar-refractivity contribution >= 4 is 11.2 Å². The van der Waals surface area contributed by atoms with Crippen molar-refractivity contribution in [1.29, 1.82) is 0 Å². The molecule has 2 fully saturated rings. The first-order valence-electron chi connectivity index (χ1n) is 9.71. The molecule has 140 valence electrons. The largest absolute Gasteiger partial charge is 0.381 e. The first-order chi connectivity index (χ1) is 13.3. The van der Waals surface area contributed by atoms with Gasteiger partial charge in [-0.05, 0) is 49.1 Å². The van der Waals surface area contributed by atoms with Gasteiger partial charge in [-0.15, -0.1) is 5.10 Å². The third kappa shape index (κ3) is 2.77. The Morgan fingerprint density at radius 1 is 1.15 bits per heavy atom. The van der Waals surface area contributed by atoms with E-state index in [2.05, 4.69) is 15.3 Å². The molecule has 5 rings (SSSR count). The lowest BCUT2D eigenvalue weighted by atomic mass is 9.72. The second kappa shape index (κ2) is 6.56. The van der Waals surface area contributed by atoms with Crippen molar-refractivity contribution < 1.29 is 4.74 Å². The van der Waals surface area contributed by atoms with Crippen LogP contribution in [0, 0.1) is 11.3 Å². The summed E-state index contributed by atoms with van der Waals surface area (Å²) in [4.78, 5) is 17.5. The molecule has 1 aliphatic carbocycles. The van der Waals surface area contributed by atoms with Crippen molar-refractivity contribution in [2.24, 2.45) is 11.3 Å². The molecule has 2 aliphatic rings. The lowest BCUT2D eigenvalue weighted by Gasteiger charge is -2.39. The highest BCUT2D eigenvalue weighted by Crippen LogP contribution is 2.50. The fourth-order valence-corrected chi connectivity index (χ4v) is 4.89. The van der Waals surface area contributed by atoms with Gasteiger partial charge in [-0.25, -0.2) is 4.98 Å². The van der Waals surface area contributed by atoms with Gasteiger partial charge in [-0.3, -0.25) is 9.36 Å². The Bertz CT molecular complexity index is 1000. The van der Waals surface area contributed by atoms with Crippen LogP contribution in [-0.4, -0.2) is 37.8 Å². The number of rotatable bonds is 3. The highest BCUT2D eigenvalue weighted by atomic mass is 16.5. The van der Waals surface area contributed by atoms with Crippen LogP contribution < -0.4 is 5.56 Å². The number of nitrogens with zero attached hydrogens (tertiary/aromatic N) is 5. The van der Waals surface area contributed by atoms with Crippen LogP contribution in [0.15, 0.2) is 41.5 Å². The van der Waals surface area contributed by atoms with Crippen molar-refractivity contribution in [3.8, 4) is 5.69 Å². The van der Waals surface area contributed by atoms with E-state index in [-0.39, 0.29) is 5.56 Å². The van der Waals surface area contributed by atoms with Gasteiger partial charge in [0.05, 0.1) is 5.69 Å². The SMILES string of the molecule is O=c1c2nnn(-c3ccccc3)c2ncn1CC1CCCC12CCOCC2. The van der Waals surface area contributed by atoms with E-state index in [9.17, 15) is 4.79 Å². The average molecular weight is 365 g/mol. The predicted molar refractivity (Wildman–Crippen MR) is 101 cm³/mol. The molecule has 1 saturated heterocycles. The molecule has 0 N–H and O–H groups in total. The molecule has 1 aromatic carbocycles. The summed E-state index contributed by atoms with van der Waals surface area (Å²) in [6.45, 7) is 2.39. The standard InChI is InChI=1S/C20H23N5O2/c26-19-17-18(25(23-22-17)16-6-2-1-3-7-16)21-14-24(19)13-15-5-4-8-20(15)9-11-27-12-10-20/h1-3,6-7,14-15H,4-5,8-13H2. The van der Waals surface area contributed by atoms with Gasteiger partial charge in [-0.1, -0.05) is 29.8 Å². The minimum absolute atomic E-state index is 0.101. The smallest absolute Gasteiger partial charge is 0.283 e. The molecule has 7 heteroatoms. The Balaban J connectivity index is 1.48. The molecule has 27 heavy (non-hydrogen) atoms. The van der Waals surface area contributed by atoms with Crippen molar-refractivity contribution in [2.75, 3.05) is 13.2 Å². The molecule has 1 aliphatic heterocycles. The number of fused-ring (bicyclic) bond motifs is 1. The quantitative estimate of drug-likeness (QED) is 0.713. The second-order valence-electron chi connectivity index (χ2n) is 7.77. The van der Waals surface area contributed by atoms with Gasteiger partial charge in [0, 0.05) is 19.8 Å². The van der Waals surface area contributed by atoms with Crippen LogP contribution in [0.3, 0.4) is 0 Å². The first kappa shape index (κ1) is 16.6. The lowest BCUT2D eigenvalue weighted by Crippen LogP contribution is -2.37. The van der Waals surface area contributed by atoms with E-state index >= 15 is 0 Å². The molecule has 1 atom stereocenters. The van der Waals surface area contributed by atoms with Crippen LogP contribution in [0.5, 0.6) is 0 Å². The predicted octanol–water partition coefficient (Wildman–Crippen LogP) is 2.57. The molecule has 1 saturated carbocycles. The fourth-order valence-electron chi connectivity index (χ4n) is 4.89. The number of ether oxygens (including phenoxy) is 1. The number of aromatic nitrogens is 5. The molecule has 1 spiro atoms. The first-order valence-corrected chi connectivity index (χ1v) is 9.71. The third-order valence-corrected chi connectivity index (χ3v) is 6.43. The van der Waals surface area contributed by atoms with Crippen molar-refractivity contribution in [3.63, 3.8) is 0 Å². The Labute approximate surface area is 157 Å². The summed E-state index contributed by atoms with van der Waals surface area (Å²) in [5, 5.41) is 8.29. The highest BCUT2D eigenvalue weighted by Gasteiger charge is 2.43. The molecule has 0 bridgehead atoms. The molecule has 0 radical (unpaired) electrons. The van der Waals surface area contributed by atoms with Crippen LogP contribution in [0.4, 0.5) is 0 Å². The maximum atomic E-state index is 13.0. The van der Waals surface area contributed by atoms with E-state index in [4.69, 9.17) is 4.74 Å². The minimum atomic E-state index is -0.101. The van der Waals surface area contributed by atoms with Crippen molar-refractivity contribution in [2.45, 2.75) is 38.6 Å². The van der Waals surface area contributed by atoms with Gasteiger partial charge >= 0.3 is 0 Å². The Hall–Kier alpha value is -2.54. The Kier molecular flexibility index (Phi) is 4.04. The molecule has 0 amide bonds. The van der Waals surface area contributed by atoms with Gasteiger partial charge in [-0.2, -0.15) is 4.68 Å². The zero-order valence-electron chi connectivity index (χ0n) is 15.3. The van der Waals surface area contributed by atoms with Crippen LogP contribution in [0.25, 0.3) is 16.9 Å². The lowest BCUT2D eigenvalue weighted by molar-refractivity contribution is -0.00980. The molecule has 7 nitrogen and oxygen atoms in total. The summed E-state index contributed by atoms with van der Waals surface area (Å²) in [7, 11) is 0. The number of benzene rings is 1. The Morgan fingerprint density at radius 3 is 2.78 bits per heavy atom. The van der Waals surface area contributed by atoms with E-state index in [1.807, 2.05) is 30.3 Å². The summed E-state index contributed by atoms with van der Waals surface area (Å²) in [5.74, 6) is 0.502. The highest BCUT2D eigenvalue weighted by molar-refractivity contribution is 5.70. The van der Waals surface area contributed by atoms with Crippen LogP contribution in [0.1, 0.15) is 32.1 Å². The van der Waals surface area contributed by atoms with Crippen molar-refractivity contribution in [3.05, 3.63) is 47.0 Å². The summed E-state index contributed by atoms with van der Waals surface area (Å²) < 4.78 is 8.94. The van der Waals surface area contributed by atoms with E-state index in [1.54, 1.807) is 15.6 Å². The maximum absolute atomic E-state index is 13.0. The van der Waals surface area contributed by atoms with Gasteiger partial charge in [0.25, 0.3) is 5.56 Å². The summed E-state index contributed by atoms with van der Waals surface area (Å²) >= 11 is 0. The molecule has 1 unspecified atom stereocenters. The van der Waals surface area contributed by atoms with E-state index in [0.29, 0.717) is 29.0 Å². The monoisotopic (exact) mass is 365 g/mol. The second-order valence-corrected chi connectivity index (χ2v) is 7.77. The summed E-state index contributed by atoms with van der Waals surface area (Å²) in [6, 6.07) is 9.65. The molecule has 3 heterocycles. The van der Waals surface area contributed by atoms with E-state index in [0.717, 1.165) is 31.7 Å². The van der Waals surface area contributed by atoms with Gasteiger partial charge in [0.15, 0.2) is 11.2 Å². The molecule has 3 aromatic rings. The van der Waals surface area contributed by atoms with Crippen LogP contribution in [-0.2, 0) is 11.3 Å². The topological polar surface area (TPSA) is 74.8 Å². The zero-order valence-corrected chi connectivity index (χ0v) is 15.3. The third-order valence-electron chi connectivity index (χ3n) is 6.43. The van der Waals surface area contributed by atoms with E-state index in [1.165, 1.54) is 19.3 Å². The molecular weight excluding hydrogens is 342 g/mol. The zero-order chi connectivity index (χ0) is 18.3. The summed E-state index contributed by atoms with van der Waals surface area (Å²) in [5.41, 5.74) is 1.92. The average Bonchev–Trinajstić information content (AvgIpc) is 3.30. The fraction of sp³-hybridized carbons (Fsp3) is 0.500. The van der Waals surface area contributed by atoms with Crippen LogP contribution >= 0.6 is 0 Å².